The van der Waals surface area contributed by atoms with E-state index in [0.717, 1.165) is 0 Å². The van der Waals surface area contributed by atoms with E-state index in [0.29, 0.717) is 12.0 Å². The highest BCUT2D eigenvalue weighted by Gasteiger charge is 2.13. The van der Waals surface area contributed by atoms with E-state index in [4.69, 9.17) is 5.84 Å². The Labute approximate surface area is 128 Å². The van der Waals surface area contributed by atoms with Crippen molar-refractivity contribution in [3.8, 4) is 0 Å². The van der Waals surface area contributed by atoms with Crippen LogP contribution in [-0.2, 0) is 0 Å². The van der Waals surface area contributed by atoms with E-state index in [2.05, 4.69) is 26.2 Å². The van der Waals surface area contributed by atoms with Gasteiger partial charge in [-0.25, -0.2) is 0 Å². The van der Waals surface area contributed by atoms with Crippen LogP contribution in [0.5, 0.6) is 0 Å². The molecular weight excluding hydrogens is 244 g/mol. The molecule has 0 amide bonds. The number of hydrogen-bond donors (Lipinski definition) is 2. The van der Waals surface area contributed by atoms with Gasteiger partial charge in [-0.05, 0) is 18.8 Å². The first-order valence-corrected chi connectivity index (χ1v) is 9.22. The summed E-state index contributed by atoms with van der Waals surface area (Å²) in [6.07, 6.45) is 17.9. The molecule has 2 unspecified atom stereocenters. The van der Waals surface area contributed by atoms with E-state index >= 15 is 0 Å². The Hall–Kier alpha value is -0.0800. The van der Waals surface area contributed by atoms with Crippen LogP contribution in [0.15, 0.2) is 0 Å². The molecule has 0 aromatic heterocycles. The molecule has 0 spiro atoms. The quantitative estimate of drug-likeness (QED) is 0.234. The summed E-state index contributed by atoms with van der Waals surface area (Å²) in [4.78, 5) is 0. The van der Waals surface area contributed by atoms with E-state index in [9.17, 15) is 0 Å². The van der Waals surface area contributed by atoms with Gasteiger partial charge < -0.3 is 0 Å². The highest BCUT2D eigenvalue weighted by atomic mass is 15.2. The Morgan fingerprint density at radius 3 is 1.65 bits per heavy atom. The molecular formula is C18H40N2. The zero-order valence-electron chi connectivity index (χ0n) is 14.4. The zero-order valence-corrected chi connectivity index (χ0v) is 14.4. The first kappa shape index (κ1) is 19.9. The minimum atomic E-state index is 0.518. The standard InChI is InChI=1S/C18H40N2/c1-4-6-7-8-9-10-11-12-13-14-16-18(20-19)17(3)15-5-2/h17-18,20H,4-16,19H2,1-3H3. The third-order valence-corrected chi connectivity index (χ3v) is 4.51. The molecule has 0 saturated carbocycles. The van der Waals surface area contributed by atoms with E-state index in [1.807, 2.05) is 0 Å². The van der Waals surface area contributed by atoms with Crippen LogP contribution in [0.4, 0.5) is 0 Å². The molecule has 0 fully saturated rings. The van der Waals surface area contributed by atoms with Gasteiger partial charge in [0.2, 0.25) is 0 Å². The molecule has 0 aliphatic rings. The Morgan fingerprint density at radius 2 is 1.20 bits per heavy atom. The summed E-state index contributed by atoms with van der Waals surface area (Å²) in [6, 6.07) is 0.518. The number of nitrogens with two attached hydrogens (primary N) is 1. The largest absolute Gasteiger partial charge is 0.271 e. The van der Waals surface area contributed by atoms with Crippen LogP contribution in [0.1, 0.15) is 104 Å². The average Bonchev–Trinajstić information content (AvgIpc) is 2.45. The Bertz CT molecular complexity index is 182. The van der Waals surface area contributed by atoms with Crippen LogP contribution in [0.2, 0.25) is 0 Å². The smallest absolute Gasteiger partial charge is 0.0236 e. The van der Waals surface area contributed by atoms with Crippen molar-refractivity contribution in [1.82, 2.24) is 5.43 Å². The zero-order chi connectivity index (χ0) is 15.1. The number of nitrogens with one attached hydrogen (secondary N) is 1. The summed E-state index contributed by atoms with van der Waals surface area (Å²) < 4.78 is 0. The van der Waals surface area contributed by atoms with Gasteiger partial charge in [-0.1, -0.05) is 91.4 Å². The highest BCUT2D eigenvalue weighted by Crippen LogP contribution is 2.17. The van der Waals surface area contributed by atoms with Crippen LogP contribution in [0.25, 0.3) is 0 Å². The van der Waals surface area contributed by atoms with Gasteiger partial charge in [-0.2, -0.15) is 0 Å². The molecule has 0 aromatic rings. The molecule has 0 saturated heterocycles. The SMILES string of the molecule is CCCCCCCCCCCCC(NN)C(C)CCC. The van der Waals surface area contributed by atoms with Crippen LogP contribution in [0, 0.1) is 5.92 Å². The minimum Gasteiger partial charge on any atom is -0.271 e. The minimum absolute atomic E-state index is 0.518. The highest BCUT2D eigenvalue weighted by molar-refractivity contribution is 4.70. The fourth-order valence-corrected chi connectivity index (χ4v) is 3.04. The van der Waals surface area contributed by atoms with Crippen LogP contribution in [0.3, 0.4) is 0 Å². The van der Waals surface area contributed by atoms with E-state index in [1.165, 1.54) is 83.5 Å². The van der Waals surface area contributed by atoms with E-state index in [1.54, 1.807) is 0 Å². The molecule has 2 heteroatoms. The van der Waals surface area contributed by atoms with Crippen molar-refractivity contribution >= 4 is 0 Å². The summed E-state index contributed by atoms with van der Waals surface area (Å²) in [6.45, 7) is 6.86. The fraction of sp³-hybridized carbons (Fsp3) is 1.00. The number of unbranched alkanes of at least 4 members (excludes halogenated alkanes) is 9. The van der Waals surface area contributed by atoms with Gasteiger partial charge in [0, 0.05) is 6.04 Å². The fourth-order valence-electron chi connectivity index (χ4n) is 3.04. The second kappa shape index (κ2) is 15.3. The summed E-state index contributed by atoms with van der Waals surface area (Å²) in [5.74, 6) is 6.39. The van der Waals surface area contributed by atoms with Crippen molar-refractivity contribution in [3.63, 3.8) is 0 Å². The average molecular weight is 285 g/mol. The summed E-state index contributed by atoms with van der Waals surface area (Å²) in [7, 11) is 0. The first-order chi connectivity index (χ1) is 9.76. The summed E-state index contributed by atoms with van der Waals surface area (Å²) in [5.41, 5.74) is 3.02. The first-order valence-electron chi connectivity index (χ1n) is 9.22. The van der Waals surface area contributed by atoms with Crippen molar-refractivity contribution in [3.05, 3.63) is 0 Å². The number of hydrogen-bond acceptors (Lipinski definition) is 2. The van der Waals surface area contributed by atoms with Crippen molar-refractivity contribution in [2.45, 2.75) is 110 Å². The van der Waals surface area contributed by atoms with Crippen molar-refractivity contribution in [2.24, 2.45) is 11.8 Å². The lowest BCUT2D eigenvalue weighted by Crippen LogP contribution is -2.39. The lowest BCUT2D eigenvalue weighted by Gasteiger charge is -2.22. The van der Waals surface area contributed by atoms with Gasteiger partial charge in [-0.3, -0.25) is 11.3 Å². The number of rotatable bonds is 15. The molecule has 20 heavy (non-hydrogen) atoms. The van der Waals surface area contributed by atoms with Gasteiger partial charge in [-0.15, -0.1) is 0 Å². The van der Waals surface area contributed by atoms with Gasteiger partial charge in [0.25, 0.3) is 0 Å². The maximum atomic E-state index is 5.67. The maximum Gasteiger partial charge on any atom is 0.0236 e. The Morgan fingerprint density at radius 1 is 0.700 bits per heavy atom. The molecule has 0 radical (unpaired) electrons. The lowest BCUT2D eigenvalue weighted by atomic mass is 9.93. The van der Waals surface area contributed by atoms with Crippen LogP contribution < -0.4 is 11.3 Å². The summed E-state index contributed by atoms with van der Waals surface area (Å²) in [5, 5.41) is 0. The van der Waals surface area contributed by atoms with Gasteiger partial charge in [0.15, 0.2) is 0 Å². The molecule has 0 aliphatic heterocycles. The molecule has 3 N–H and O–H groups in total. The second-order valence-corrected chi connectivity index (χ2v) is 6.51. The predicted octanol–water partition coefficient (Wildman–Crippen LogP) is 5.57. The topological polar surface area (TPSA) is 38.0 Å². The third kappa shape index (κ3) is 11.7. The lowest BCUT2D eigenvalue weighted by molar-refractivity contribution is 0.331. The van der Waals surface area contributed by atoms with Crippen molar-refractivity contribution in [1.29, 1.82) is 0 Å². The molecule has 2 atom stereocenters. The molecule has 0 aliphatic carbocycles. The molecule has 2 nitrogen and oxygen atoms in total. The van der Waals surface area contributed by atoms with Gasteiger partial charge >= 0.3 is 0 Å². The van der Waals surface area contributed by atoms with Gasteiger partial charge in [0.05, 0.1) is 0 Å². The molecule has 0 bridgehead atoms. The second-order valence-electron chi connectivity index (χ2n) is 6.51. The normalized spacial score (nSPS) is 14.4. The van der Waals surface area contributed by atoms with Crippen LogP contribution >= 0.6 is 0 Å². The number of hydrazine groups is 1. The van der Waals surface area contributed by atoms with Crippen molar-refractivity contribution < 1.29 is 0 Å². The Balaban J connectivity index is 3.33. The molecule has 0 heterocycles. The van der Waals surface area contributed by atoms with Crippen molar-refractivity contribution in [2.75, 3.05) is 0 Å². The Kier molecular flexibility index (Phi) is 15.3. The molecule has 122 valence electrons. The molecule has 0 rings (SSSR count). The van der Waals surface area contributed by atoms with E-state index in [-0.39, 0.29) is 0 Å². The van der Waals surface area contributed by atoms with Gasteiger partial charge in [0.1, 0.15) is 0 Å². The maximum absolute atomic E-state index is 5.67. The van der Waals surface area contributed by atoms with E-state index < -0.39 is 0 Å². The monoisotopic (exact) mass is 284 g/mol. The third-order valence-electron chi connectivity index (χ3n) is 4.51. The van der Waals surface area contributed by atoms with Crippen LogP contribution in [-0.4, -0.2) is 6.04 Å². The predicted molar refractivity (Wildman–Crippen MR) is 91.6 cm³/mol. The summed E-state index contributed by atoms with van der Waals surface area (Å²) >= 11 is 0. The molecule has 0 aromatic carbocycles.